The van der Waals surface area contributed by atoms with Crippen LogP contribution < -0.4 is 5.48 Å². The van der Waals surface area contributed by atoms with E-state index in [0.29, 0.717) is 6.54 Å². The molecule has 0 atom stereocenters. The zero-order chi connectivity index (χ0) is 7.40. The van der Waals surface area contributed by atoms with Crippen LogP contribution in [0.5, 0.6) is 0 Å². The number of halogens is 1. The van der Waals surface area contributed by atoms with Crippen molar-refractivity contribution in [3.8, 4) is 0 Å². The Kier molecular flexibility index (Phi) is 5.45. The normalized spacial score (nSPS) is 8.91. The minimum atomic E-state index is 0. The van der Waals surface area contributed by atoms with Gasteiger partial charge in [-0.15, -0.1) is 0 Å². The highest BCUT2D eigenvalue weighted by Crippen LogP contribution is 2.10. The maximum atomic E-state index is 8.39. The first kappa shape index (κ1) is 10.9. The molecule has 0 aliphatic rings. The standard InChI is InChI=1S/C7H8INO.CH4/c8-7-4-2-1-3-6(7)5-9-10;/h1-4,9-10H,5H2;1H4. The number of benzene rings is 1. The summed E-state index contributed by atoms with van der Waals surface area (Å²) in [6.07, 6.45) is 0. The van der Waals surface area contributed by atoms with Gasteiger partial charge in [0.2, 0.25) is 0 Å². The molecule has 11 heavy (non-hydrogen) atoms. The average molecular weight is 265 g/mol. The van der Waals surface area contributed by atoms with Crippen molar-refractivity contribution < 1.29 is 5.21 Å². The Bertz CT molecular complexity index is 215. The summed E-state index contributed by atoms with van der Waals surface area (Å²) < 4.78 is 1.17. The number of hydrogen-bond acceptors (Lipinski definition) is 2. The molecule has 0 unspecified atom stereocenters. The van der Waals surface area contributed by atoms with E-state index in [-0.39, 0.29) is 7.43 Å². The quantitative estimate of drug-likeness (QED) is 0.635. The molecule has 0 saturated carbocycles. The van der Waals surface area contributed by atoms with Crippen molar-refractivity contribution in [2.75, 3.05) is 0 Å². The molecule has 1 rings (SSSR count). The van der Waals surface area contributed by atoms with Crippen LogP contribution in [0.4, 0.5) is 0 Å². The predicted octanol–water partition coefficient (Wildman–Crippen LogP) is 2.41. The molecule has 0 aliphatic heterocycles. The van der Waals surface area contributed by atoms with Gasteiger partial charge >= 0.3 is 0 Å². The molecule has 0 spiro atoms. The number of nitrogens with one attached hydrogen (secondary N) is 1. The lowest BCUT2D eigenvalue weighted by Gasteiger charge is -2.00. The first-order valence-corrected chi connectivity index (χ1v) is 4.03. The summed E-state index contributed by atoms with van der Waals surface area (Å²) in [7, 11) is 0. The predicted molar refractivity (Wildman–Crippen MR) is 54.5 cm³/mol. The van der Waals surface area contributed by atoms with Crippen molar-refractivity contribution in [1.82, 2.24) is 5.48 Å². The lowest BCUT2D eigenvalue weighted by atomic mass is 10.2. The Hall–Kier alpha value is -0.130. The molecule has 62 valence electrons. The van der Waals surface area contributed by atoms with Gasteiger partial charge in [-0.2, -0.15) is 0 Å². The van der Waals surface area contributed by atoms with Crippen molar-refractivity contribution >= 4 is 22.6 Å². The highest BCUT2D eigenvalue weighted by Gasteiger charge is 1.94. The summed E-state index contributed by atoms with van der Waals surface area (Å²) in [5, 5.41) is 8.39. The van der Waals surface area contributed by atoms with Crippen LogP contribution in [0.3, 0.4) is 0 Å². The molecular formula is C8H12INO. The van der Waals surface area contributed by atoms with Crippen LogP contribution in [0.1, 0.15) is 13.0 Å². The van der Waals surface area contributed by atoms with Gasteiger partial charge in [0.15, 0.2) is 0 Å². The lowest BCUT2D eigenvalue weighted by Crippen LogP contribution is -2.06. The minimum absolute atomic E-state index is 0. The van der Waals surface area contributed by atoms with E-state index in [2.05, 4.69) is 28.1 Å². The largest absolute Gasteiger partial charge is 0.316 e. The smallest absolute Gasteiger partial charge is 0.0468 e. The van der Waals surface area contributed by atoms with E-state index in [1.54, 1.807) is 0 Å². The lowest BCUT2D eigenvalue weighted by molar-refractivity contribution is 0.161. The second-order valence-corrected chi connectivity index (χ2v) is 3.09. The summed E-state index contributed by atoms with van der Waals surface area (Å²) in [5.74, 6) is 0. The molecule has 2 N–H and O–H groups in total. The fourth-order valence-corrected chi connectivity index (χ4v) is 1.31. The SMILES string of the molecule is C.ONCc1ccccc1I. The molecule has 0 amide bonds. The fraction of sp³-hybridized carbons (Fsp3) is 0.250. The zero-order valence-electron chi connectivity index (χ0n) is 5.34. The topological polar surface area (TPSA) is 32.3 Å². The van der Waals surface area contributed by atoms with E-state index < -0.39 is 0 Å². The molecule has 2 nitrogen and oxygen atoms in total. The van der Waals surface area contributed by atoms with Crippen molar-refractivity contribution in [2.45, 2.75) is 14.0 Å². The van der Waals surface area contributed by atoms with Gasteiger partial charge in [0.05, 0.1) is 0 Å². The minimum Gasteiger partial charge on any atom is -0.316 e. The van der Waals surface area contributed by atoms with Crippen molar-refractivity contribution in [3.63, 3.8) is 0 Å². The monoisotopic (exact) mass is 265 g/mol. The van der Waals surface area contributed by atoms with Gasteiger partial charge in [-0.05, 0) is 34.2 Å². The number of hydroxylamine groups is 1. The highest BCUT2D eigenvalue weighted by atomic mass is 127. The Labute approximate surface area is 80.7 Å². The Balaban J connectivity index is 0.000001000. The van der Waals surface area contributed by atoms with Gasteiger partial charge in [0.25, 0.3) is 0 Å². The third kappa shape index (κ3) is 3.18. The van der Waals surface area contributed by atoms with Crippen LogP contribution in [-0.4, -0.2) is 5.21 Å². The van der Waals surface area contributed by atoms with Crippen LogP contribution in [0.2, 0.25) is 0 Å². The molecule has 1 aromatic rings. The van der Waals surface area contributed by atoms with E-state index in [1.807, 2.05) is 24.3 Å². The van der Waals surface area contributed by atoms with Crippen LogP contribution in [0, 0.1) is 3.57 Å². The Morgan fingerprint density at radius 2 is 2.00 bits per heavy atom. The number of hydrogen-bond donors (Lipinski definition) is 2. The summed E-state index contributed by atoms with van der Waals surface area (Å²) in [4.78, 5) is 0. The second-order valence-electron chi connectivity index (χ2n) is 1.93. The molecule has 3 heteroatoms. The van der Waals surface area contributed by atoms with Gasteiger partial charge in [0.1, 0.15) is 0 Å². The van der Waals surface area contributed by atoms with Gasteiger partial charge in [-0.25, -0.2) is 5.48 Å². The van der Waals surface area contributed by atoms with E-state index >= 15 is 0 Å². The second kappa shape index (κ2) is 5.51. The zero-order valence-corrected chi connectivity index (χ0v) is 7.50. The summed E-state index contributed by atoms with van der Waals surface area (Å²) in [5.41, 5.74) is 3.24. The van der Waals surface area contributed by atoms with Crippen LogP contribution in [0.25, 0.3) is 0 Å². The van der Waals surface area contributed by atoms with Crippen LogP contribution in [-0.2, 0) is 6.54 Å². The fourth-order valence-electron chi connectivity index (χ4n) is 0.727. The highest BCUT2D eigenvalue weighted by molar-refractivity contribution is 14.1. The van der Waals surface area contributed by atoms with Gasteiger partial charge in [-0.1, -0.05) is 25.6 Å². The van der Waals surface area contributed by atoms with Crippen LogP contribution >= 0.6 is 22.6 Å². The Morgan fingerprint density at radius 1 is 1.36 bits per heavy atom. The first-order valence-electron chi connectivity index (χ1n) is 2.95. The van der Waals surface area contributed by atoms with Gasteiger partial charge in [0, 0.05) is 10.1 Å². The van der Waals surface area contributed by atoms with Crippen LogP contribution in [0.15, 0.2) is 24.3 Å². The average Bonchev–Trinajstić information content (AvgIpc) is 1.94. The van der Waals surface area contributed by atoms with Gasteiger partial charge in [-0.3, -0.25) is 0 Å². The molecule has 0 aliphatic carbocycles. The third-order valence-electron chi connectivity index (χ3n) is 1.23. The molecule has 0 aromatic heterocycles. The van der Waals surface area contributed by atoms with E-state index in [1.165, 1.54) is 3.57 Å². The maximum absolute atomic E-state index is 8.39. The molecular weight excluding hydrogens is 253 g/mol. The van der Waals surface area contributed by atoms with E-state index in [9.17, 15) is 0 Å². The van der Waals surface area contributed by atoms with Gasteiger partial charge < -0.3 is 5.21 Å². The molecule has 0 heterocycles. The molecule has 0 bridgehead atoms. The molecule has 0 saturated heterocycles. The van der Waals surface area contributed by atoms with Crippen molar-refractivity contribution in [1.29, 1.82) is 0 Å². The van der Waals surface area contributed by atoms with E-state index in [0.717, 1.165) is 5.56 Å². The van der Waals surface area contributed by atoms with Crippen molar-refractivity contribution in [3.05, 3.63) is 33.4 Å². The Morgan fingerprint density at radius 3 is 2.55 bits per heavy atom. The van der Waals surface area contributed by atoms with E-state index in [4.69, 9.17) is 5.21 Å². The summed E-state index contributed by atoms with van der Waals surface area (Å²) in [6.45, 7) is 0.513. The molecule has 1 aromatic carbocycles. The molecule has 0 radical (unpaired) electrons. The first-order chi connectivity index (χ1) is 4.84. The molecule has 0 fully saturated rings. The summed E-state index contributed by atoms with van der Waals surface area (Å²) in [6, 6.07) is 7.91. The third-order valence-corrected chi connectivity index (χ3v) is 2.28. The number of rotatable bonds is 2. The summed E-state index contributed by atoms with van der Waals surface area (Å²) >= 11 is 2.23. The maximum Gasteiger partial charge on any atom is 0.0468 e. The van der Waals surface area contributed by atoms with Crippen molar-refractivity contribution in [2.24, 2.45) is 0 Å².